The van der Waals surface area contributed by atoms with Gasteiger partial charge in [-0.25, -0.2) is 13.1 Å². The molecule has 19 heavy (non-hydrogen) atoms. The molecule has 1 aromatic carbocycles. The molecule has 0 unspecified atom stereocenters. The van der Waals surface area contributed by atoms with Crippen LogP contribution in [0.25, 0.3) is 0 Å². The van der Waals surface area contributed by atoms with Crippen molar-refractivity contribution in [2.45, 2.75) is 29.0 Å². The Hall–Kier alpha value is -0.560. The maximum Gasteiger partial charge on any atom is 0.240 e. The quantitative estimate of drug-likeness (QED) is 0.803. The Morgan fingerprint density at radius 2 is 2.11 bits per heavy atom. The van der Waals surface area contributed by atoms with Gasteiger partial charge in [0.2, 0.25) is 10.0 Å². The fraction of sp³-hybridized carbons (Fsp3) is 0.538. The van der Waals surface area contributed by atoms with Gasteiger partial charge in [-0.05, 0) is 43.8 Å². The van der Waals surface area contributed by atoms with Crippen LogP contribution in [0.5, 0.6) is 0 Å². The zero-order chi connectivity index (χ0) is 13.9. The molecule has 2 rings (SSSR count). The number of rotatable bonds is 7. The summed E-state index contributed by atoms with van der Waals surface area (Å²) in [6, 6.07) is 7.06. The largest absolute Gasteiger partial charge is 0.316 e. The summed E-state index contributed by atoms with van der Waals surface area (Å²) in [6.45, 7) is 1.19. The Kier molecular flexibility index (Phi) is 4.55. The molecule has 1 saturated carbocycles. The maximum atomic E-state index is 12.2. The molecule has 2 N–H and O–H groups in total. The fourth-order valence-electron chi connectivity index (χ4n) is 1.93. The minimum absolute atomic E-state index is 0.135. The number of thioether (sulfide) groups is 1. The van der Waals surface area contributed by atoms with E-state index < -0.39 is 10.0 Å². The Morgan fingerprint density at radius 3 is 2.68 bits per heavy atom. The van der Waals surface area contributed by atoms with Gasteiger partial charge in [0.25, 0.3) is 0 Å². The van der Waals surface area contributed by atoms with E-state index in [0.29, 0.717) is 18.0 Å². The third-order valence-corrected chi connectivity index (χ3v) is 6.23. The molecule has 6 heteroatoms. The average Bonchev–Trinajstić information content (AvgIpc) is 3.18. The van der Waals surface area contributed by atoms with Crippen LogP contribution < -0.4 is 10.0 Å². The van der Waals surface area contributed by atoms with Crippen LogP contribution in [0, 0.1) is 0 Å². The van der Waals surface area contributed by atoms with Gasteiger partial charge in [0.05, 0.1) is 4.90 Å². The Morgan fingerprint density at radius 1 is 1.37 bits per heavy atom. The summed E-state index contributed by atoms with van der Waals surface area (Å²) in [5.41, 5.74) is 0.969. The van der Waals surface area contributed by atoms with Gasteiger partial charge >= 0.3 is 0 Å². The predicted molar refractivity (Wildman–Crippen MR) is 79.9 cm³/mol. The van der Waals surface area contributed by atoms with Crippen molar-refractivity contribution in [3.05, 3.63) is 29.8 Å². The number of hydrogen-bond acceptors (Lipinski definition) is 4. The lowest BCUT2D eigenvalue weighted by Crippen LogP contribution is -2.31. The zero-order valence-electron chi connectivity index (χ0n) is 11.3. The maximum absolute atomic E-state index is 12.2. The molecule has 1 aliphatic rings. The third kappa shape index (κ3) is 3.72. The van der Waals surface area contributed by atoms with E-state index in [4.69, 9.17) is 0 Å². The second kappa shape index (κ2) is 5.83. The van der Waals surface area contributed by atoms with Crippen molar-refractivity contribution in [1.82, 2.24) is 10.0 Å². The van der Waals surface area contributed by atoms with Crippen molar-refractivity contribution in [3.63, 3.8) is 0 Å². The molecule has 0 aromatic heterocycles. The molecule has 1 fully saturated rings. The van der Waals surface area contributed by atoms with Crippen molar-refractivity contribution < 1.29 is 8.42 Å². The summed E-state index contributed by atoms with van der Waals surface area (Å²) in [4.78, 5) is 0.345. The summed E-state index contributed by atoms with van der Waals surface area (Å²) >= 11 is 1.75. The number of benzene rings is 1. The standard InChI is InChI=1S/C13H20N2O2S2/c1-14-9-11-4-3-5-12(8-11)19(16,17)15-10-13(18-2)6-7-13/h3-5,8,14-15H,6-7,9-10H2,1-2H3. The second-order valence-electron chi connectivity index (χ2n) is 4.89. The highest BCUT2D eigenvalue weighted by molar-refractivity contribution is 8.00. The lowest BCUT2D eigenvalue weighted by atomic mass is 10.2. The normalized spacial score (nSPS) is 17.4. The first kappa shape index (κ1) is 14.8. The van der Waals surface area contributed by atoms with Crippen molar-refractivity contribution in [2.24, 2.45) is 0 Å². The van der Waals surface area contributed by atoms with E-state index in [1.54, 1.807) is 30.0 Å². The minimum Gasteiger partial charge on any atom is -0.316 e. The SMILES string of the molecule is CNCc1cccc(S(=O)(=O)NCC2(SC)CC2)c1. The summed E-state index contributed by atoms with van der Waals surface area (Å²) < 4.78 is 27.3. The topological polar surface area (TPSA) is 58.2 Å². The van der Waals surface area contributed by atoms with Crippen LogP contribution in [0.2, 0.25) is 0 Å². The Labute approximate surface area is 119 Å². The average molecular weight is 300 g/mol. The summed E-state index contributed by atoms with van der Waals surface area (Å²) in [6.07, 6.45) is 4.22. The Bertz CT molecular complexity index is 539. The molecule has 0 amide bonds. The molecule has 0 radical (unpaired) electrons. The molecule has 1 aromatic rings. The van der Waals surface area contributed by atoms with Gasteiger partial charge in [-0.1, -0.05) is 12.1 Å². The van der Waals surface area contributed by atoms with Gasteiger partial charge in [-0.2, -0.15) is 11.8 Å². The molecule has 4 nitrogen and oxygen atoms in total. The monoisotopic (exact) mass is 300 g/mol. The highest BCUT2D eigenvalue weighted by Crippen LogP contribution is 2.46. The molecule has 1 aliphatic carbocycles. The first-order valence-electron chi connectivity index (χ1n) is 6.30. The van der Waals surface area contributed by atoms with E-state index in [0.717, 1.165) is 18.4 Å². The van der Waals surface area contributed by atoms with Gasteiger partial charge in [0.15, 0.2) is 0 Å². The van der Waals surface area contributed by atoms with Crippen molar-refractivity contribution in [2.75, 3.05) is 19.8 Å². The lowest BCUT2D eigenvalue weighted by Gasteiger charge is -2.14. The molecule has 0 aliphatic heterocycles. The molecule has 0 spiro atoms. The number of hydrogen-bond donors (Lipinski definition) is 2. The summed E-state index contributed by atoms with van der Waals surface area (Å²) in [5, 5.41) is 3.02. The number of sulfonamides is 1. The highest BCUT2D eigenvalue weighted by atomic mass is 32.2. The first-order valence-corrected chi connectivity index (χ1v) is 9.00. The lowest BCUT2D eigenvalue weighted by molar-refractivity contribution is 0.579. The molecular formula is C13H20N2O2S2. The minimum atomic E-state index is -3.40. The molecule has 106 valence electrons. The van der Waals surface area contributed by atoms with E-state index in [1.165, 1.54) is 0 Å². The van der Waals surface area contributed by atoms with Gasteiger partial charge in [0, 0.05) is 17.8 Å². The van der Waals surface area contributed by atoms with Crippen LogP contribution >= 0.6 is 11.8 Å². The van der Waals surface area contributed by atoms with E-state index in [-0.39, 0.29) is 4.75 Å². The van der Waals surface area contributed by atoms with Gasteiger partial charge in [-0.15, -0.1) is 0 Å². The van der Waals surface area contributed by atoms with Crippen molar-refractivity contribution in [1.29, 1.82) is 0 Å². The van der Waals surface area contributed by atoms with Crippen molar-refractivity contribution >= 4 is 21.8 Å². The smallest absolute Gasteiger partial charge is 0.240 e. The zero-order valence-corrected chi connectivity index (χ0v) is 12.9. The Balaban J connectivity index is 2.08. The second-order valence-corrected chi connectivity index (χ2v) is 7.93. The number of nitrogens with one attached hydrogen (secondary N) is 2. The third-order valence-electron chi connectivity index (χ3n) is 3.41. The van der Waals surface area contributed by atoms with Crippen LogP contribution in [0.1, 0.15) is 18.4 Å². The van der Waals surface area contributed by atoms with Gasteiger partial charge < -0.3 is 5.32 Å². The van der Waals surface area contributed by atoms with Gasteiger partial charge in [0.1, 0.15) is 0 Å². The highest BCUT2D eigenvalue weighted by Gasteiger charge is 2.42. The molecule has 0 bridgehead atoms. The van der Waals surface area contributed by atoms with E-state index in [2.05, 4.69) is 10.0 Å². The molecular weight excluding hydrogens is 280 g/mol. The molecule has 0 heterocycles. The summed E-state index contributed by atoms with van der Waals surface area (Å²) in [7, 11) is -1.55. The van der Waals surface area contributed by atoms with Crippen LogP contribution in [-0.4, -0.2) is 33.0 Å². The predicted octanol–water partition coefficient (Wildman–Crippen LogP) is 1.58. The van der Waals surface area contributed by atoms with Crippen LogP contribution in [0.3, 0.4) is 0 Å². The van der Waals surface area contributed by atoms with Crippen LogP contribution in [0.15, 0.2) is 29.2 Å². The van der Waals surface area contributed by atoms with E-state index in [9.17, 15) is 8.42 Å². The van der Waals surface area contributed by atoms with Gasteiger partial charge in [-0.3, -0.25) is 0 Å². The van der Waals surface area contributed by atoms with Crippen LogP contribution in [0.4, 0.5) is 0 Å². The van der Waals surface area contributed by atoms with E-state index in [1.807, 2.05) is 19.4 Å². The first-order chi connectivity index (χ1) is 9.01. The molecule has 0 saturated heterocycles. The summed E-state index contributed by atoms with van der Waals surface area (Å²) in [5.74, 6) is 0. The van der Waals surface area contributed by atoms with Crippen molar-refractivity contribution in [3.8, 4) is 0 Å². The molecule has 0 atom stereocenters. The fourth-order valence-corrected chi connectivity index (χ4v) is 3.94. The van der Waals surface area contributed by atoms with E-state index >= 15 is 0 Å². The van der Waals surface area contributed by atoms with Crippen LogP contribution in [-0.2, 0) is 16.6 Å².